The Morgan fingerprint density at radius 1 is 1.09 bits per heavy atom. The number of nitrogens with one attached hydrogen (secondary N) is 2. The average molecular weight is 472 g/mol. The summed E-state index contributed by atoms with van der Waals surface area (Å²) in [5, 5.41) is 5.68. The van der Waals surface area contributed by atoms with Gasteiger partial charge in [-0.05, 0) is 80.5 Å². The summed E-state index contributed by atoms with van der Waals surface area (Å²) in [6.45, 7) is 10.0. The molecule has 3 rings (SSSR count). The van der Waals surface area contributed by atoms with Crippen LogP contribution in [0.15, 0.2) is 41.3 Å². The van der Waals surface area contributed by atoms with Gasteiger partial charge >= 0.3 is 0 Å². The van der Waals surface area contributed by atoms with Gasteiger partial charge in [-0.25, -0.2) is 8.42 Å². The quantitative estimate of drug-likeness (QED) is 0.661. The van der Waals surface area contributed by atoms with Crippen LogP contribution in [-0.4, -0.2) is 37.6 Å². The Kier molecular flexibility index (Phi) is 7.59. The van der Waals surface area contributed by atoms with Crippen LogP contribution in [0.1, 0.15) is 66.7 Å². The van der Waals surface area contributed by atoms with Crippen LogP contribution in [0.5, 0.6) is 0 Å². The molecule has 7 nitrogen and oxygen atoms in total. The molecule has 1 fully saturated rings. The Hall–Kier alpha value is -2.71. The highest BCUT2D eigenvalue weighted by Gasteiger charge is 2.30. The molecule has 1 saturated heterocycles. The molecule has 2 amide bonds. The summed E-state index contributed by atoms with van der Waals surface area (Å²) in [5.74, 6) is -0.00264. The van der Waals surface area contributed by atoms with E-state index in [1.165, 1.54) is 17.3 Å². The first kappa shape index (κ1) is 24.9. The number of aryl methyl sites for hydroxylation is 1. The molecule has 2 N–H and O–H groups in total. The standard InChI is InChI=1S/C25H33N3O4S/c1-16-9-11-28(12-10-16)33(31,32)24-15-22(13-17(2)18(24)3)25(30)26-19(4)21-7-6-8-23(14-21)27-20(5)29/h6-8,13-16,19H,9-12H2,1-5H3,(H,26,30)(H,27,29). The van der Waals surface area contributed by atoms with Gasteiger partial charge in [0.1, 0.15) is 0 Å². The maximum absolute atomic E-state index is 13.4. The van der Waals surface area contributed by atoms with Gasteiger partial charge < -0.3 is 10.6 Å². The molecular formula is C25H33N3O4S. The number of carbonyl (C=O) groups excluding carboxylic acids is 2. The molecule has 1 heterocycles. The summed E-state index contributed by atoms with van der Waals surface area (Å²) >= 11 is 0. The molecule has 33 heavy (non-hydrogen) atoms. The van der Waals surface area contributed by atoms with Crippen molar-refractivity contribution < 1.29 is 18.0 Å². The lowest BCUT2D eigenvalue weighted by molar-refractivity contribution is -0.114. The van der Waals surface area contributed by atoms with Crippen molar-refractivity contribution in [1.29, 1.82) is 0 Å². The SMILES string of the molecule is CC(=O)Nc1cccc(C(C)NC(=O)c2cc(C)c(C)c(S(=O)(=O)N3CCC(C)CC3)c2)c1. The average Bonchev–Trinajstić information content (AvgIpc) is 2.75. The van der Waals surface area contributed by atoms with Crippen molar-refractivity contribution in [3.8, 4) is 0 Å². The fraction of sp³-hybridized carbons (Fsp3) is 0.440. The predicted octanol–water partition coefficient (Wildman–Crippen LogP) is 4.17. The van der Waals surface area contributed by atoms with Crippen molar-refractivity contribution in [3.05, 3.63) is 58.7 Å². The molecule has 1 aliphatic rings. The molecule has 0 saturated carbocycles. The zero-order chi connectivity index (χ0) is 24.3. The molecular weight excluding hydrogens is 438 g/mol. The Balaban J connectivity index is 1.84. The molecule has 0 aromatic heterocycles. The second-order valence-corrected chi connectivity index (χ2v) is 10.9. The van der Waals surface area contributed by atoms with Gasteiger partial charge in [0.15, 0.2) is 0 Å². The Bertz CT molecular complexity index is 1150. The highest BCUT2D eigenvalue weighted by atomic mass is 32.2. The van der Waals surface area contributed by atoms with Crippen LogP contribution in [0.4, 0.5) is 5.69 Å². The van der Waals surface area contributed by atoms with E-state index in [4.69, 9.17) is 0 Å². The van der Waals surface area contributed by atoms with Gasteiger partial charge in [0, 0.05) is 31.3 Å². The van der Waals surface area contributed by atoms with Crippen molar-refractivity contribution in [1.82, 2.24) is 9.62 Å². The second-order valence-electron chi connectivity index (χ2n) is 9.00. The number of amides is 2. The number of nitrogens with zero attached hydrogens (tertiary/aromatic N) is 1. The van der Waals surface area contributed by atoms with E-state index >= 15 is 0 Å². The van der Waals surface area contributed by atoms with E-state index < -0.39 is 10.0 Å². The first-order valence-electron chi connectivity index (χ1n) is 11.3. The number of carbonyl (C=O) groups is 2. The van der Waals surface area contributed by atoms with Crippen LogP contribution in [0.25, 0.3) is 0 Å². The molecule has 0 aliphatic carbocycles. The summed E-state index contributed by atoms with van der Waals surface area (Å²) in [6.07, 6.45) is 1.68. The summed E-state index contributed by atoms with van der Waals surface area (Å²) in [4.78, 5) is 24.6. The third kappa shape index (κ3) is 5.81. The normalized spacial score (nSPS) is 16.3. The molecule has 1 aliphatic heterocycles. The fourth-order valence-corrected chi connectivity index (χ4v) is 5.84. The third-order valence-corrected chi connectivity index (χ3v) is 8.32. The van der Waals surface area contributed by atoms with E-state index in [9.17, 15) is 18.0 Å². The molecule has 2 aromatic rings. The number of rotatable bonds is 6. The lowest BCUT2D eigenvalue weighted by Gasteiger charge is -2.30. The van der Waals surface area contributed by atoms with Crippen molar-refractivity contribution in [2.75, 3.05) is 18.4 Å². The number of hydrogen-bond acceptors (Lipinski definition) is 4. The van der Waals surface area contributed by atoms with E-state index in [1.807, 2.05) is 26.0 Å². The van der Waals surface area contributed by atoms with Crippen molar-refractivity contribution in [2.45, 2.75) is 58.4 Å². The largest absolute Gasteiger partial charge is 0.346 e. The summed E-state index contributed by atoms with van der Waals surface area (Å²) in [5.41, 5.74) is 3.21. The van der Waals surface area contributed by atoms with Crippen LogP contribution >= 0.6 is 0 Å². The third-order valence-electron chi connectivity index (χ3n) is 6.30. The lowest BCUT2D eigenvalue weighted by Crippen LogP contribution is -2.38. The van der Waals surface area contributed by atoms with Crippen LogP contribution in [0, 0.1) is 19.8 Å². The molecule has 8 heteroatoms. The van der Waals surface area contributed by atoms with Crippen LogP contribution < -0.4 is 10.6 Å². The minimum atomic E-state index is -3.68. The molecule has 178 valence electrons. The van der Waals surface area contributed by atoms with E-state index in [1.54, 1.807) is 25.1 Å². The van der Waals surface area contributed by atoms with Gasteiger partial charge in [0.25, 0.3) is 5.91 Å². The zero-order valence-electron chi connectivity index (χ0n) is 19.9. The minimum absolute atomic E-state index is 0.170. The van der Waals surface area contributed by atoms with Crippen molar-refractivity contribution in [3.63, 3.8) is 0 Å². The monoisotopic (exact) mass is 471 g/mol. The van der Waals surface area contributed by atoms with Gasteiger partial charge in [-0.2, -0.15) is 4.31 Å². The molecule has 1 atom stereocenters. The van der Waals surface area contributed by atoms with E-state index in [-0.39, 0.29) is 22.8 Å². The smallest absolute Gasteiger partial charge is 0.251 e. The molecule has 1 unspecified atom stereocenters. The molecule has 0 spiro atoms. The Morgan fingerprint density at radius 2 is 1.76 bits per heavy atom. The van der Waals surface area contributed by atoms with Gasteiger partial charge in [-0.15, -0.1) is 0 Å². The van der Waals surface area contributed by atoms with Crippen LogP contribution in [0.2, 0.25) is 0 Å². The summed E-state index contributed by atoms with van der Waals surface area (Å²) < 4.78 is 28.3. The van der Waals surface area contributed by atoms with Gasteiger partial charge in [-0.3, -0.25) is 9.59 Å². The lowest BCUT2D eigenvalue weighted by atomic mass is 10.0. The summed E-state index contributed by atoms with van der Waals surface area (Å²) in [7, 11) is -3.68. The Labute approximate surface area is 196 Å². The zero-order valence-corrected chi connectivity index (χ0v) is 20.8. The topological polar surface area (TPSA) is 95.6 Å². The fourth-order valence-electron chi connectivity index (χ4n) is 4.04. The number of piperidine rings is 1. The van der Waals surface area contributed by atoms with Crippen LogP contribution in [0.3, 0.4) is 0 Å². The first-order chi connectivity index (χ1) is 15.5. The maximum Gasteiger partial charge on any atom is 0.251 e. The molecule has 0 bridgehead atoms. The number of benzene rings is 2. The molecule has 2 aromatic carbocycles. The number of hydrogen-bond donors (Lipinski definition) is 2. The first-order valence-corrected chi connectivity index (χ1v) is 12.7. The number of sulfonamides is 1. The second kappa shape index (κ2) is 10.1. The van der Waals surface area contributed by atoms with Gasteiger partial charge in [0.05, 0.1) is 10.9 Å². The summed E-state index contributed by atoms with van der Waals surface area (Å²) in [6, 6.07) is 10.1. The minimum Gasteiger partial charge on any atom is -0.346 e. The van der Waals surface area contributed by atoms with Crippen molar-refractivity contribution >= 4 is 27.5 Å². The molecule has 0 radical (unpaired) electrons. The van der Waals surface area contributed by atoms with Gasteiger partial charge in [-0.1, -0.05) is 19.1 Å². The Morgan fingerprint density at radius 3 is 2.39 bits per heavy atom. The highest BCUT2D eigenvalue weighted by Crippen LogP contribution is 2.28. The highest BCUT2D eigenvalue weighted by molar-refractivity contribution is 7.89. The van der Waals surface area contributed by atoms with Gasteiger partial charge in [0.2, 0.25) is 15.9 Å². The number of anilines is 1. The van der Waals surface area contributed by atoms with E-state index in [0.717, 1.165) is 24.0 Å². The van der Waals surface area contributed by atoms with E-state index in [2.05, 4.69) is 17.6 Å². The van der Waals surface area contributed by atoms with Crippen LogP contribution in [-0.2, 0) is 14.8 Å². The van der Waals surface area contributed by atoms with E-state index in [0.29, 0.717) is 35.8 Å². The maximum atomic E-state index is 13.4. The van der Waals surface area contributed by atoms with Crippen molar-refractivity contribution in [2.24, 2.45) is 5.92 Å². The predicted molar refractivity (Wildman–Crippen MR) is 130 cm³/mol.